The number of carboxylic acids is 1. The molecule has 2 aliphatic heterocycles. The molecule has 2 amide bonds. The fraction of sp³-hybridized carbons (Fsp3) is 0.448. The zero-order valence-electron chi connectivity index (χ0n) is 25.6. The second kappa shape index (κ2) is 18.3. The van der Waals surface area contributed by atoms with E-state index in [0.29, 0.717) is 0 Å². The van der Waals surface area contributed by atoms with Gasteiger partial charge in [-0.3, -0.25) is 24.4 Å². The number of nitrogens with two attached hydrogens (primary N) is 1. The van der Waals surface area contributed by atoms with Gasteiger partial charge in [0, 0.05) is 38.1 Å². The SMILES string of the molecule is COc1cnccc1C(=O)CCC(=O)N1CC(F)(F)C[C@H]1C#N.COc1cnccc1C(=O)O.Cl.N#C[C@@H]1CC(F)(F)CN1C(=O)CN. The molecule has 2 aromatic heterocycles. The Balaban J connectivity index is 0.000000391. The Bertz CT molecular complexity index is 1540. The number of aromatic nitrogens is 2. The number of alkyl halides is 4. The van der Waals surface area contributed by atoms with Crippen LogP contribution in [0.1, 0.15) is 46.4 Å². The zero-order chi connectivity index (χ0) is 35.4. The normalized spacial score (nSPS) is 18.3. The molecule has 2 aromatic rings. The number of hydrogen-bond donors (Lipinski definition) is 2. The standard InChI is InChI=1S/C15H15F2N3O3.C7H9F2N3O.C7H7NO3.ClH/c1-23-13-8-19-5-4-11(13)12(21)2-3-14(22)20-9-15(16,17)6-10(20)7-18;8-7(9)1-5(2-10)12(4-7)6(13)3-11;1-11-6-4-8-3-2-5(6)7(9)10;/h4-5,8,10H,2-3,6,9H2,1H3;5H,1,3-4,11H2;2-4H,1H3,(H,9,10);1H/t10-;5-;;/m00../s1. The van der Waals surface area contributed by atoms with Crippen molar-refractivity contribution in [2.45, 2.75) is 49.6 Å². The number of likely N-dealkylation sites (tertiary alicyclic amines) is 2. The van der Waals surface area contributed by atoms with Gasteiger partial charge < -0.3 is 30.1 Å². The highest BCUT2D eigenvalue weighted by atomic mass is 35.5. The molecule has 3 N–H and O–H groups in total. The zero-order valence-corrected chi connectivity index (χ0v) is 26.5. The third kappa shape index (κ3) is 11.3. The van der Waals surface area contributed by atoms with Gasteiger partial charge in [-0.2, -0.15) is 10.5 Å². The predicted octanol–water partition coefficient (Wildman–Crippen LogP) is 2.73. The average molecular weight is 702 g/mol. The largest absolute Gasteiger partial charge is 0.494 e. The van der Waals surface area contributed by atoms with Crippen LogP contribution in [-0.4, -0.2) is 106 Å². The van der Waals surface area contributed by atoms with E-state index in [-0.39, 0.29) is 60.2 Å². The number of Topliss-reactive ketones (excluding diaryl/α,β-unsaturated/α-hetero) is 1. The fourth-order valence-corrected chi connectivity index (χ4v) is 4.50. The minimum Gasteiger partial charge on any atom is -0.494 e. The lowest BCUT2D eigenvalue weighted by molar-refractivity contribution is -0.132. The Morgan fingerprint density at radius 2 is 1.31 bits per heavy atom. The number of amides is 2. The summed E-state index contributed by atoms with van der Waals surface area (Å²) in [5.41, 5.74) is 5.42. The summed E-state index contributed by atoms with van der Waals surface area (Å²) in [6, 6.07) is 4.02. The number of nitriles is 2. The van der Waals surface area contributed by atoms with E-state index in [9.17, 15) is 36.7 Å². The molecule has 48 heavy (non-hydrogen) atoms. The molecule has 14 nitrogen and oxygen atoms in total. The minimum atomic E-state index is -3.06. The Morgan fingerprint density at radius 3 is 1.71 bits per heavy atom. The highest BCUT2D eigenvalue weighted by molar-refractivity contribution is 6.00. The quantitative estimate of drug-likeness (QED) is 0.300. The summed E-state index contributed by atoms with van der Waals surface area (Å²) in [6.45, 7) is -1.81. The third-order valence-electron chi connectivity index (χ3n) is 6.76. The highest BCUT2D eigenvalue weighted by Crippen LogP contribution is 2.33. The number of carbonyl (C=O) groups excluding carboxylic acids is 3. The van der Waals surface area contributed by atoms with Gasteiger partial charge in [0.2, 0.25) is 11.8 Å². The van der Waals surface area contributed by atoms with Crippen LogP contribution in [0.15, 0.2) is 36.9 Å². The van der Waals surface area contributed by atoms with Gasteiger partial charge in [-0.25, -0.2) is 22.4 Å². The molecule has 0 radical (unpaired) electrons. The summed E-state index contributed by atoms with van der Waals surface area (Å²) in [6.07, 6.45) is 3.93. The predicted molar refractivity (Wildman–Crippen MR) is 160 cm³/mol. The van der Waals surface area contributed by atoms with Crippen molar-refractivity contribution in [1.82, 2.24) is 19.8 Å². The number of methoxy groups -OCH3 is 2. The average Bonchev–Trinajstić information content (AvgIpc) is 3.57. The number of halogens is 5. The lowest BCUT2D eigenvalue weighted by Gasteiger charge is -2.18. The first-order valence-corrected chi connectivity index (χ1v) is 13.7. The maximum Gasteiger partial charge on any atom is 0.339 e. The Labute approximate surface area is 278 Å². The number of nitrogens with zero attached hydrogens (tertiary/aromatic N) is 6. The molecule has 0 aromatic carbocycles. The van der Waals surface area contributed by atoms with Crippen molar-refractivity contribution in [3.8, 4) is 23.6 Å². The van der Waals surface area contributed by atoms with Gasteiger partial charge in [-0.15, -0.1) is 12.4 Å². The molecule has 2 atom stereocenters. The Kier molecular flexibility index (Phi) is 15.6. The molecular weight excluding hydrogens is 670 g/mol. The van der Waals surface area contributed by atoms with Crippen molar-refractivity contribution in [2.75, 3.05) is 33.9 Å². The van der Waals surface area contributed by atoms with Crippen LogP contribution in [0.2, 0.25) is 0 Å². The van der Waals surface area contributed by atoms with Crippen LogP contribution in [0, 0.1) is 22.7 Å². The van der Waals surface area contributed by atoms with Crippen molar-refractivity contribution in [1.29, 1.82) is 10.5 Å². The number of pyridine rings is 2. The van der Waals surface area contributed by atoms with Gasteiger partial charge in [-0.1, -0.05) is 0 Å². The second-order valence-electron chi connectivity index (χ2n) is 10.0. The van der Waals surface area contributed by atoms with Crippen LogP contribution >= 0.6 is 12.4 Å². The van der Waals surface area contributed by atoms with Gasteiger partial charge in [0.05, 0.1) is 63.9 Å². The molecule has 0 saturated carbocycles. The van der Waals surface area contributed by atoms with Gasteiger partial charge in [0.15, 0.2) is 11.5 Å². The third-order valence-corrected chi connectivity index (χ3v) is 6.76. The fourth-order valence-electron chi connectivity index (χ4n) is 4.50. The van der Waals surface area contributed by atoms with Crippen molar-refractivity contribution < 1.29 is 51.3 Å². The highest BCUT2D eigenvalue weighted by Gasteiger charge is 2.47. The molecule has 19 heteroatoms. The van der Waals surface area contributed by atoms with Crippen LogP contribution < -0.4 is 15.2 Å². The lowest BCUT2D eigenvalue weighted by atomic mass is 10.1. The first-order valence-electron chi connectivity index (χ1n) is 13.7. The van der Waals surface area contributed by atoms with E-state index in [2.05, 4.69) is 9.97 Å². The smallest absolute Gasteiger partial charge is 0.339 e. The van der Waals surface area contributed by atoms with Crippen molar-refractivity contribution >= 4 is 36.0 Å². The summed E-state index contributed by atoms with van der Waals surface area (Å²) < 4.78 is 61.9. The van der Waals surface area contributed by atoms with Crippen LogP contribution in [-0.2, 0) is 9.59 Å². The number of rotatable bonds is 8. The van der Waals surface area contributed by atoms with Crippen LogP contribution in [0.25, 0.3) is 0 Å². The van der Waals surface area contributed by atoms with E-state index >= 15 is 0 Å². The monoisotopic (exact) mass is 701 g/mol. The molecule has 0 unspecified atom stereocenters. The summed E-state index contributed by atoms with van der Waals surface area (Å²) in [7, 11) is 2.80. The molecular formula is C29H32ClF4N7O7. The minimum absolute atomic E-state index is 0. The second-order valence-corrected chi connectivity index (χ2v) is 10.0. The first-order chi connectivity index (χ1) is 22.1. The van der Waals surface area contributed by atoms with E-state index in [1.165, 1.54) is 51.1 Å². The summed E-state index contributed by atoms with van der Waals surface area (Å²) >= 11 is 0. The number of ether oxygens (including phenoxy) is 2. The van der Waals surface area contributed by atoms with Crippen molar-refractivity contribution in [2.24, 2.45) is 5.73 Å². The van der Waals surface area contributed by atoms with Crippen LogP contribution in [0.3, 0.4) is 0 Å². The van der Waals surface area contributed by atoms with E-state index in [0.717, 1.165) is 9.80 Å². The maximum atomic E-state index is 13.3. The molecule has 0 aliphatic carbocycles. The summed E-state index contributed by atoms with van der Waals surface area (Å²) in [5.74, 6) is -8.05. The molecule has 4 rings (SSSR count). The molecule has 2 fully saturated rings. The first kappa shape index (κ1) is 41.0. The van der Waals surface area contributed by atoms with Crippen LogP contribution in [0.4, 0.5) is 17.6 Å². The van der Waals surface area contributed by atoms with E-state index in [1.54, 1.807) is 12.1 Å². The van der Waals surface area contributed by atoms with E-state index in [1.807, 2.05) is 0 Å². The van der Waals surface area contributed by atoms with Crippen molar-refractivity contribution in [3.63, 3.8) is 0 Å². The van der Waals surface area contributed by atoms with Gasteiger partial charge in [0.25, 0.3) is 11.8 Å². The van der Waals surface area contributed by atoms with Gasteiger partial charge in [0.1, 0.15) is 23.4 Å². The summed E-state index contributed by atoms with van der Waals surface area (Å²) in [5, 5.41) is 26.0. The molecule has 0 spiro atoms. The Morgan fingerprint density at radius 1 is 0.875 bits per heavy atom. The van der Waals surface area contributed by atoms with E-state index < -0.39 is 67.6 Å². The van der Waals surface area contributed by atoms with Crippen molar-refractivity contribution in [3.05, 3.63) is 48.0 Å². The van der Waals surface area contributed by atoms with Crippen LogP contribution in [0.5, 0.6) is 11.5 Å². The number of hydrogen-bond acceptors (Lipinski definition) is 11. The van der Waals surface area contributed by atoms with Gasteiger partial charge in [-0.05, 0) is 12.1 Å². The molecule has 2 saturated heterocycles. The molecule has 260 valence electrons. The molecule has 4 heterocycles. The number of ketones is 1. The Hall–Kier alpha value is -5.07. The number of carbonyl (C=O) groups is 4. The van der Waals surface area contributed by atoms with Gasteiger partial charge >= 0.3 is 5.97 Å². The summed E-state index contributed by atoms with van der Waals surface area (Å²) in [4.78, 5) is 54.8. The number of carboxylic acid groups (broad SMARTS) is 1. The van der Waals surface area contributed by atoms with E-state index in [4.69, 9.17) is 30.8 Å². The maximum absolute atomic E-state index is 13.3. The number of aromatic carboxylic acids is 1. The topological polar surface area (TPSA) is 213 Å². The molecule has 0 bridgehead atoms. The molecule has 2 aliphatic rings. The lowest BCUT2D eigenvalue weighted by Crippen LogP contribution is -2.39.